The molecule has 2 aromatic carbocycles. The molecule has 10 heteroatoms. The highest BCUT2D eigenvalue weighted by molar-refractivity contribution is 6.36. The van der Waals surface area contributed by atoms with Gasteiger partial charge in [-0.3, -0.25) is 4.79 Å². The highest BCUT2D eigenvalue weighted by atomic mass is 35.5. The van der Waals surface area contributed by atoms with E-state index in [0.717, 1.165) is 23.3 Å². The zero-order valence-corrected chi connectivity index (χ0v) is 17.4. The molecule has 0 bridgehead atoms. The third-order valence-corrected chi connectivity index (χ3v) is 5.58. The predicted octanol–water partition coefficient (Wildman–Crippen LogP) is 5.71. The normalized spacial score (nSPS) is 17.3. The van der Waals surface area contributed by atoms with Crippen LogP contribution in [0.4, 0.5) is 17.6 Å². The number of hydrogen-bond donors (Lipinski definition) is 1. The topological polar surface area (TPSA) is 38.3 Å². The number of Topliss-reactive ketones (excluding diaryl/α,β-unsaturated/α-hetero) is 1. The Balaban J connectivity index is 0.00000256. The summed E-state index contributed by atoms with van der Waals surface area (Å²) in [6.45, 7) is 1.54. The van der Waals surface area contributed by atoms with Crippen molar-refractivity contribution in [3.63, 3.8) is 0 Å². The van der Waals surface area contributed by atoms with Crippen molar-refractivity contribution in [1.82, 2.24) is 5.32 Å². The van der Waals surface area contributed by atoms with Crippen LogP contribution in [0.1, 0.15) is 27.0 Å². The summed E-state index contributed by atoms with van der Waals surface area (Å²) >= 11 is 11.4. The number of allylic oxidation sites excluding steroid dienone is 2. The van der Waals surface area contributed by atoms with Gasteiger partial charge in [-0.1, -0.05) is 35.3 Å². The summed E-state index contributed by atoms with van der Waals surface area (Å²) in [7, 11) is 0. The second-order valence-corrected chi connectivity index (χ2v) is 7.76. The van der Waals surface area contributed by atoms with Gasteiger partial charge >= 0.3 is 6.18 Å². The van der Waals surface area contributed by atoms with Gasteiger partial charge in [0, 0.05) is 30.3 Å². The summed E-state index contributed by atoms with van der Waals surface area (Å²) in [6.07, 6.45) is -4.91. The molecule has 2 heterocycles. The third kappa shape index (κ3) is 4.09. The van der Waals surface area contributed by atoms with E-state index in [9.17, 15) is 22.4 Å². The molecule has 160 valence electrons. The van der Waals surface area contributed by atoms with Crippen LogP contribution in [0.25, 0.3) is 5.57 Å². The Morgan fingerprint density at radius 3 is 2.27 bits per heavy atom. The summed E-state index contributed by atoms with van der Waals surface area (Å²) in [5.74, 6) is -1.85. The van der Waals surface area contributed by atoms with Gasteiger partial charge < -0.3 is 10.1 Å². The molecule has 0 aromatic heterocycles. The second-order valence-electron chi connectivity index (χ2n) is 6.94. The molecule has 0 unspecified atom stereocenters. The number of benzene rings is 2. The van der Waals surface area contributed by atoms with E-state index in [1.165, 1.54) is 12.1 Å². The van der Waals surface area contributed by atoms with E-state index in [1.807, 2.05) is 0 Å². The summed E-state index contributed by atoms with van der Waals surface area (Å²) in [4.78, 5) is 13.0. The van der Waals surface area contributed by atoms with Gasteiger partial charge in [0.15, 0.2) is 11.6 Å². The number of rotatable bonds is 3. The largest absolute Gasteiger partial charge is 0.410 e. The molecule has 0 aliphatic carbocycles. The van der Waals surface area contributed by atoms with Crippen molar-refractivity contribution in [3.8, 4) is 0 Å². The quantitative estimate of drug-likeness (QED) is 0.264. The first kappa shape index (κ1) is 23.0. The van der Waals surface area contributed by atoms with Gasteiger partial charge in [-0.05, 0) is 34.9 Å². The van der Waals surface area contributed by atoms with Crippen LogP contribution >= 0.6 is 35.6 Å². The van der Waals surface area contributed by atoms with E-state index in [0.29, 0.717) is 13.1 Å². The van der Waals surface area contributed by atoms with Crippen molar-refractivity contribution in [1.29, 1.82) is 0 Å². The molecule has 3 nitrogen and oxygen atoms in total. The summed E-state index contributed by atoms with van der Waals surface area (Å²) in [6, 6.07) is 6.59. The Bertz CT molecular complexity index is 1030. The molecule has 2 aliphatic rings. The molecule has 2 aromatic rings. The first-order valence-corrected chi connectivity index (χ1v) is 9.32. The van der Waals surface area contributed by atoms with Crippen LogP contribution in [0.15, 0.2) is 36.4 Å². The molecule has 1 fully saturated rings. The lowest BCUT2D eigenvalue weighted by atomic mass is 9.85. The number of fused-ring (bicyclic) bond motifs is 2. The second kappa shape index (κ2) is 8.13. The van der Waals surface area contributed by atoms with Crippen LogP contribution in [0.5, 0.6) is 0 Å². The molecule has 4 rings (SSSR count). The van der Waals surface area contributed by atoms with Crippen molar-refractivity contribution in [2.75, 3.05) is 13.1 Å². The van der Waals surface area contributed by atoms with Crippen LogP contribution in [-0.2, 0) is 16.9 Å². The first-order valence-electron chi connectivity index (χ1n) is 8.57. The maximum Gasteiger partial charge on any atom is 0.410 e. The SMILES string of the molecule is Cl.O=C(C(=CC(F)(F)F)c1cc(Cl)c(F)c(Cl)c1)c1ccc2c(c1)COC21CNC1. The molecule has 1 spiro atoms. The number of halogens is 7. The molecule has 0 atom stereocenters. The fraction of sp³-hybridized carbons (Fsp3) is 0.250. The number of nitrogens with one attached hydrogen (secondary N) is 1. The van der Waals surface area contributed by atoms with Crippen molar-refractivity contribution in [2.45, 2.75) is 18.4 Å². The Morgan fingerprint density at radius 1 is 1.10 bits per heavy atom. The number of carbonyl (C=O) groups excluding carboxylic acids is 1. The van der Waals surface area contributed by atoms with Gasteiger partial charge in [0.25, 0.3) is 0 Å². The third-order valence-electron chi connectivity index (χ3n) is 5.03. The molecule has 1 saturated heterocycles. The molecule has 0 radical (unpaired) electrons. The van der Waals surface area contributed by atoms with E-state index in [1.54, 1.807) is 6.07 Å². The Morgan fingerprint density at radius 2 is 1.73 bits per heavy atom. The summed E-state index contributed by atoms with van der Waals surface area (Å²) < 4.78 is 58.9. The molecular weight excluding hydrogens is 469 g/mol. The van der Waals surface area contributed by atoms with Crippen LogP contribution in [0.2, 0.25) is 10.0 Å². The highest BCUT2D eigenvalue weighted by Gasteiger charge is 2.45. The number of alkyl halides is 3. The molecule has 0 saturated carbocycles. The first-order chi connectivity index (χ1) is 13.6. The summed E-state index contributed by atoms with van der Waals surface area (Å²) in [5, 5.41) is 2.17. The minimum atomic E-state index is -4.78. The van der Waals surface area contributed by atoms with Gasteiger partial charge in [-0.15, -0.1) is 12.4 Å². The van der Waals surface area contributed by atoms with E-state index in [4.69, 9.17) is 27.9 Å². The number of ketones is 1. The average molecular weight is 483 g/mol. The zero-order chi connectivity index (χ0) is 21.0. The predicted molar refractivity (Wildman–Crippen MR) is 108 cm³/mol. The molecular formula is C20H14Cl3F4NO2. The Hall–Kier alpha value is -1.64. The van der Waals surface area contributed by atoms with Gasteiger partial charge in [-0.2, -0.15) is 13.2 Å². The molecule has 30 heavy (non-hydrogen) atoms. The van der Waals surface area contributed by atoms with Crippen molar-refractivity contribution in [2.24, 2.45) is 0 Å². The smallest absolute Gasteiger partial charge is 0.363 e. The highest BCUT2D eigenvalue weighted by Crippen LogP contribution is 2.40. The molecule has 1 N–H and O–H groups in total. The summed E-state index contributed by atoms with van der Waals surface area (Å²) in [5.41, 5.74) is 0.393. The average Bonchev–Trinajstić information content (AvgIpc) is 3.01. The van der Waals surface area contributed by atoms with E-state index >= 15 is 0 Å². The molecule has 2 aliphatic heterocycles. The zero-order valence-electron chi connectivity index (χ0n) is 15.1. The van der Waals surface area contributed by atoms with Gasteiger partial charge in [-0.25, -0.2) is 4.39 Å². The Kier molecular flexibility index (Phi) is 6.24. The van der Waals surface area contributed by atoms with E-state index < -0.39 is 39.0 Å². The number of carbonyl (C=O) groups is 1. The lowest BCUT2D eigenvalue weighted by molar-refractivity contribution is -0.0794. The van der Waals surface area contributed by atoms with Crippen molar-refractivity contribution < 1.29 is 27.1 Å². The maximum atomic E-state index is 13.7. The standard InChI is InChI=1S/C20H13Cl2F4NO2.ClH/c21-15-4-11(5-16(22)17(15)23)13(6-20(24,25)26)18(28)10-1-2-14-12(3-10)7-29-19(14)8-27-9-19;/h1-6,27H,7-9H2;1H. The van der Waals surface area contributed by atoms with Crippen LogP contribution in [0, 0.1) is 5.82 Å². The number of ether oxygens (including phenoxy) is 1. The van der Waals surface area contributed by atoms with Crippen molar-refractivity contribution in [3.05, 3.63) is 74.5 Å². The van der Waals surface area contributed by atoms with Gasteiger partial charge in [0.2, 0.25) is 0 Å². The van der Waals surface area contributed by atoms with E-state index in [2.05, 4.69) is 5.32 Å². The van der Waals surface area contributed by atoms with Crippen LogP contribution in [-0.4, -0.2) is 25.0 Å². The number of hydrogen-bond acceptors (Lipinski definition) is 3. The fourth-order valence-corrected chi connectivity index (χ4v) is 4.03. The lowest BCUT2D eigenvalue weighted by Gasteiger charge is -2.39. The Labute approximate surface area is 185 Å². The minimum absolute atomic E-state index is 0. The molecule has 0 amide bonds. The van der Waals surface area contributed by atoms with Crippen LogP contribution < -0.4 is 5.32 Å². The van der Waals surface area contributed by atoms with Gasteiger partial charge in [0.1, 0.15) is 5.60 Å². The van der Waals surface area contributed by atoms with E-state index in [-0.39, 0.29) is 36.2 Å². The van der Waals surface area contributed by atoms with Crippen LogP contribution in [0.3, 0.4) is 0 Å². The lowest BCUT2D eigenvalue weighted by Crippen LogP contribution is -2.56. The fourth-order valence-electron chi connectivity index (χ4n) is 3.55. The minimum Gasteiger partial charge on any atom is -0.363 e. The monoisotopic (exact) mass is 481 g/mol. The maximum absolute atomic E-state index is 13.7. The van der Waals surface area contributed by atoms with Crippen molar-refractivity contribution >= 4 is 47.0 Å². The van der Waals surface area contributed by atoms with Gasteiger partial charge in [0.05, 0.1) is 16.7 Å².